The highest BCUT2D eigenvalue weighted by atomic mass is 16.3. The van der Waals surface area contributed by atoms with Gasteiger partial charge in [-0.2, -0.15) is 0 Å². The van der Waals surface area contributed by atoms with Gasteiger partial charge in [0, 0.05) is 6.42 Å². The van der Waals surface area contributed by atoms with Crippen LogP contribution >= 0.6 is 0 Å². The predicted molar refractivity (Wildman–Crippen MR) is 40.4 cm³/mol. The SMILES string of the molecule is CC#CCCC(C)(O)CO. The minimum absolute atomic E-state index is 0.196. The van der Waals surface area contributed by atoms with E-state index in [2.05, 4.69) is 11.8 Å². The molecule has 0 saturated heterocycles. The minimum atomic E-state index is -0.955. The quantitative estimate of drug-likeness (QED) is 0.564. The molecule has 58 valence electrons. The topological polar surface area (TPSA) is 40.5 Å². The molecule has 0 aromatic heterocycles. The van der Waals surface area contributed by atoms with E-state index in [-0.39, 0.29) is 6.61 Å². The summed E-state index contributed by atoms with van der Waals surface area (Å²) in [4.78, 5) is 0. The average molecular weight is 142 g/mol. The van der Waals surface area contributed by atoms with Crippen molar-refractivity contribution in [3.63, 3.8) is 0 Å². The first-order valence-electron chi connectivity index (χ1n) is 3.35. The fourth-order valence-corrected chi connectivity index (χ4v) is 0.536. The first kappa shape index (κ1) is 9.48. The molecular weight excluding hydrogens is 128 g/mol. The molecule has 0 bridgehead atoms. The summed E-state index contributed by atoms with van der Waals surface area (Å²) in [6, 6.07) is 0. The summed E-state index contributed by atoms with van der Waals surface area (Å²) < 4.78 is 0. The van der Waals surface area contributed by atoms with E-state index in [1.165, 1.54) is 0 Å². The fraction of sp³-hybridized carbons (Fsp3) is 0.750. The lowest BCUT2D eigenvalue weighted by atomic mass is 10.0. The third-order valence-corrected chi connectivity index (χ3v) is 1.31. The highest BCUT2D eigenvalue weighted by Gasteiger charge is 2.16. The number of hydrogen-bond acceptors (Lipinski definition) is 2. The number of aliphatic hydroxyl groups is 2. The molecule has 0 aromatic carbocycles. The van der Waals surface area contributed by atoms with Crippen molar-refractivity contribution in [2.24, 2.45) is 0 Å². The Morgan fingerprint density at radius 2 is 2.10 bits per heavy atom. The number of hydrogen-bond donors (Lipinski definition) is 2. The van der Waals surface area contributed by atoms with Crippen LogP contribution < -0.4 is 0 Å². The van der Waals surface area contributed by atoms with Gasteiger partial charge in [-0.05, 0) is 20.3 Å². The third kappa shape index (κ3) is 4.37. The highest BCUT2D eigenvalue weighted by Crippen LogP contribution is 2.09. The van der Waals surface area contributed by atoms with Crippen LogP contribution in [0.25, 0.3) is 0 Å². The van der Waals surface area contributed by atoms with Gasteiger partial charge in [0.15, 0.2) is 0 Å². The zero-order valence-electron chi connectivity index (χ0n) is 6.52. The van der Waals surface area contributed by atoms with Crippen molar-refractivity contribution in [3.8, 4) is 11.8 Å². The Kier molecular flexibility index (Phi) is 4.10. The van der Waals surface area contributed by atoms with Crippen LogP contribution in [-0.2, 0) is 0 Å². The minimum Gasteiger partial charge on any atom is -0.393 e. The van der Waals surface area contributed by atoms with Crippen LogP contribution in [0.5, 0.6) is 0 Å². The van der Waals surface area contributed by atoms with Crippen LogP contribution in [-0.4, -0.2) is 22.4 Å². The third-order valence-electron chi connectivity index (χ3n) is 1.31. The van der Waals surface area contributed by atoms with Gasteiger partial charge in [-0.3, -0.25) is 0 Å². The molecule has 1 unspecified atom stereocenters. The van der Waals surface area contributed by atoms with Gasteiger partial charge in [0.05, 0.1) is 12.2 Å². The van der Waals surface area contributed by atoms with E-state index in [0.29, 0.717) is 12.8 Å². The normalized spacial score (nSPS) is 15.2. The van der Waals surface area contributed by atoms with Gasteiger partial charge in [0.1, 0.15) is 0 Å². The van der Waals surface area contributed by atoms with Crippen LogP contribution in [0.4, 0.5) is 0 Å². The average Bonchev–Trinajstić information content (AvgIpc) is 1.89. The molecule has 1 atom stereocenters. The Morgan fingerprint density at radius 1 is 1.50 bits per heavy atom. The van der Waals surface area contributed by atoms with Gasteiger partial charge in [0.2, 0.25) is 0 Å². The first-order chi connectivity index (χ1) is 4.62. The molecule has 2 heteroatoms. The summed E-state index contributed by atoms with van der Waals surface area (Å²) in [6.07, 6.45) is 1.18. The molecule has 0 heterocycles. The van der Waals surface area contributed by atoms with Crippen molar-refractivity contribution >= 4 is 0 Å². The monoisotopic (exact) mass is 142 g/mol. The smallest absolute Gasteiger partial charge is 0.0858 e. The van der Waals surface area contributed by atoms with E-state index in [1.807, 2.05) is 0 Å². The maximum atomic E-state index is 9.23. The second-order valence-corrected chi connectivity index (χ2v) is 2.58. The molecule has 0 rings (SSSR count). The Hall–Kier alpha value is -0.520. The molecule has 0 spiro atoms. The lowest BCUT2D eigenvalue weighted by molar-refractivity contribution is -0.00380. The standard InChI is InChI=1S/C8H14O2/c1-3-4-5-6-8(2,10)7-9/h9-10H,5-7H2,1-2H3. The fourth-order valence-electron chi connectivity index (χ4n) is 0.536. The van der Waals surface area contributed by atoms with Crippen molar-refractivity contribution in [3.05, 3.63) is 0 Å². The summed E-state index contributed by atoms with van der Waals surface area (Å²) in [5, 5.41) is 17.8. The van der Waals surface area contributed by atoms with Gasteiger partial charge in [0.25, 0.3) is 0 Å². The van der Waals surface area contributed by atoms with E-state index >= 15 is 0 Å². The first-order valence-corrected chi connectivity index (χ1v) is 3.35. The maximum absolute atomic E-state index is 9.23. The molecule has 0 aliphatic rings. The molecule has 0 amide bonds. The maximum Gasteiger partial charge on any atom is 0.0858 e. The Bertz CT molecular complexity index is 139. The molecule has 0 aliphatic heterocycles. The lowest BCUT2D eigenvalue weighted by Crippen LogP contribution is -2.28. The van der Waals surface area contributed by atoms with Crippen LogP contribution in [0.2, 0.25) is 0 Å². The van der Waals surface area contributed by atoms with Crippen LogP contribution in [0, 0.1) is 11.8 Å². The van der Waals surface area contributed by atoms with Gasteiger partial charge < -0.3 is 10.2 Å². The summed E-state index contributed by atoms with van der Waals surface area (Å²) >= 11 is 0. The largest absolute Gasteiger partial charge is 0.393 e. The summed E-state index contributed by atoms with van der Waals surface area (Å²) in [7, 11) is 0. The van der Waals surface area contributed by atoms with E-state index in [1.54, 1.807) is 13.8 Å². The van der Waals surface area contributed by atoms with Crippen LogP contribution in [0.3, 0.4) is 0 Å². The van der Waals surface area contributed by atoms with Gasteiger partial charge in [-0.15, -0.1) is 11.8 Å². The summed E-state index contributed by atoms with van der Waals surface area (Å²) in [5.74, 6) is 5.54. The Morgan fingerprint density at radius 3 is 2.50 bits per heavy atom. The van der Waals surface area contributed by atoms with Crippen molar-refractivity contribution < 1.29 is 10.2 Å². The molecule has 0 radical (unpaired) electrons. The molecule has 0 aromatic rings. The molecule has 2 nitrogen and oxygen atoms in total. The molecule has 0 aliphatic carbocycles. The predicted octanol–water partition coefficient (Wildman–Crippen LogP) is 0.533. The number of aliphatic hydroxyl groups excluding tert-OH is 1. The van der Waals surface area contributed by atoms with Gasteiger partial charge >= 0.3 is 0 Å². The summed E-state index contributed by atoms with van der Waals surface area (Å²) in [6.45, 7) is 3.16. The van der Waals surface area contributed by atoms with Crippen LogP contribution in [0.15, 0.2) is 0 Å². The second-order valence-electron chi connectivity index (χ2n) is 2.58. The molecule has 10 heavy (non-hydrogen) atoms. The van der Waals surface area contributed by atoms with E-state index in [4.69, 9.17) is 5.11 Å². The van der Waals surface area contributed by atoms with Gasteiger partial charge in [-0.1, -0.05) is 0 Å². The molecule has 0 fully saturated rings. The molecule has 0 saturated carbocycles. The van der Waals surface area contributed by atoms with Crippen molar-refractivity contribution in [1.29, 1.82) is 0 Å². The Labute approximate surface area is 61.9 Å². The van der Waals surface area contributed by atoms with Crippen LogP contribution in [0.1, 0.15) is 26.7 Å². The Balaban J connectivity index is 3.53. The lowest BCUT2D eigenvalue weighted by Gasteiger charge is -2.17. The van der Waals surface area contributed by atoms with E-state index < -0.39 is 5.60 Å². The van der Waals surface area contributed by atoms with Gasteiger partial charge in [-0.25, -0.2) is 0 Å². The molecular formula is C8H14O2. The van der Waals surface area contributed by atoms with Crippen molar-refractivity contribution in [2.75, 3.05) is 6.61 Å². The highest BCUT2D eigenvalue weighted by molar-refractivity contribution is 4.96. The van der Waals surface area contributed by atoms with Crippen molar-refractivity contribution in [2.45, 2.75) is 32.3 Å². The molecule has 2 N–H and O–H groups in total. The summed E-state index contributed by atoms with van der Waals surface area (Å²) in [5.41, 5.74) is -0.955. The zero-order chi connectivity index (χ0) is 8.04. The van der Waals surface area contributed by atoms with Crippen molar-refractivity contribution in [1.82, 2.24) is 0 Å². The second kappa shape index (κ2) is 4.32. The van der Waals surface area contributed by atoms with E-state index in [9.17, 15) is 5.11 Å². The van der Waals surface area contributed by atoms with E-state index in [0.717, 1.165) is 0 Å². The zero-order valence-corrected chi connectivity index (χ0v) is 6.52. The number of rotatable bonds is 3.